The van der Waals surface area contributed by atoms with Crippen molar-refractivity contribution in [3.8, 4) is 11.8 Å². The number of fused-ring (bicyclic) bond motifs is 1. The summed E-state index contributed by atoms with van der Waals surface area (Å²) < 4.78 is 10.6. The van der Waals surface area contributed by atoms with E-state index in [-0.39, 0.29) is 37.2 Å². The number of amides is 3. The van der Waals surface area contributed by atoms with Crippen LogP contribution in [-0.4, -0.2) is 61.6 Å². The summed E-state index contributed by atoms with van der Waals surface area (Å²) in [5, 5.41) is 2.30. The van der Waals surface area contributed by atoms with Gasteiger partial charge >= 0.3 is 0 Å². The molecule has 1 saturated heterocycles. The van der Waals surface area contributed by atoms with Gasteiger partial charge in [0.15, 0.2) is 0 Å². The molecule has 2 aliphatic heterocycles. The number of carbonyl (C=O) groups excluding carboxylic acids is 3. The molecular weight excluding hydrogens is 398 g/mol. The predicted molar refractivity (Wildman–Crippen MR) is 107 cm³/mol. The second-order valence-corrected chi connectivity index (χ2v) is 6.49. The Morgan fingerprint density at radius 1 is 1.17 bits per heavy atom. The Bertz CT molecular complexity index is 833. The molecule has 2 heterocycles. The maximum atomic E-state index is 12.7. The zero-order chi connectivity index (χ0) is 19.9. The lowest BCUT2D eigenvalue weighted by Gasteiger charge is -2.29. The quantitative estimate of drug-likeness (QED) is 0.370. The van der Waals surface area contributed by atoms with Crippen LogP contribution in [0.5, 0.6) is 0 Å². The molecule has 0 radical (unpaired) electrons. The van der Waals surface area contributed by atoms with Crippen LogP contribution in [0.3, 0.4) is 0 Å². The lowest BCUT2D eigenvalue weighted by atomic mass is 10.0. The topological polar surface area (TPSA) is 111 Å². The van der Waals surface area contributed by atoms with Gasteiger partial charge in [-0.15, -0.1) is 12.4 Å². The van der Waals surface area contributed by atoms with E-state index in [0.717, 1.165) is 11.1 Å². The fraction of sp³-hybridized carbons (Fsp3) is 0.450. The molecule has 3 rings (SSSR count). The van der Waals surface area contributed by atoms with Crippen molar-refractivity contribution in [3.63, 3.8) is 0 Å². The summed E-state index contributed by atoms with van der Waals surface area (Å²) in [6.45, 7) is 2.44. The maximum Gasteiger partial charge on any atom is 0.255 e. The number of rotatable bonds is 7. The SMILES string of the molecule is Cl.NCCOCCOCC#Cc1cccc2c1CN(C1CCC(=O)NC1=O)C2=O. The van der Waals surface area contributed by atoms with E-state index in [9.17, 15) is 14.4 Å². The monoisotopic (exact) mass is 421 g/mol. The minimum Gasteiger partial charge on any atom is -0.378 e. The van der Waals surface area contributed by atoms with E-state index >= 15 is 0 Å². The van der Waals surface area contributed by atoms with Gasteiger partial charge < -0.3 is 20.1 Å². The lowest BCUT2D eigenvalue weighted by molar-refractivity contribution is -0.136. The number of imide groups is 1. The van der Waals surface area contributed by atoms with Gasteiger partial charge in [0.1, 0.15) is 12.6 Å². The first-order chi connectivity index (χ1) is 13.6. The molecule has 0 saturated carbocycles. The average molecular weight is 422 g/mol. The summed E-state index contributed by atoms with van der Waals surface area (Å²) in [6, 6.07) is 4.73. The Kier molecular flexibility index (Phi) is 8.61. The molecule has 3 amide bonds. The van der Waals surface area contributed by atoms with Crippen LogP contribution in [0.2, 0.25) is 0 Å². The van der Waals surface area contributed by atoms with Gasteiger partial charge in [0, 0.05) is 30.6 Å². The third-order valence-corrected chi connectivity index (χ3v) is 4.61. The van der Waals surface area contributed by atoms with Crippen LogP contribution in [-0.2, 0) is 25.6 Å². The van der Waals surface area contributed by atoms with E-state index in [2.05, 4.69) is 17.2 Å². The number of piperidine rings is 1. The van der Waals surface area contributed by atoms with Crippen molar-refractivity contribution in [1.82, 2.24) is 10.2 Å². The van der Waals surface area contributed by atoms with Gasteiger partial charge in [-0.3, -0.25) is 19.7 Å². The molecule has 1 atom stereocenters. The summed E-state index contributed by atoms with van der Waals surface area (Å²) in [7, 11) is 0. The number of nitrogens with zero attached hydrogens (tertiary/aromatic N) is 1. The smallest absolute Gasteiger partial charge is 0.255 e. The number of hydrogen-bond donors (Lipinski definition) is 2. The number of nitrogens with two attached hydrogens (primary N) is 1. The van der Waals surface area contributed by atoms with Crippen molar-refractivity contribution < 1.29 is 23.9 Å². The highest BCUT2D eigenvalue weighted by atomic mass is 35.5. The molecule has 1 aromatic rings. The molecule has 9 heteroatoms. The van der Waals surface area contributed by atoms with Crippen molar-refractivity contribution >= 4 is 30.1 Å². The van der Waals surface area contributed by atoms with Crippen molar-refractivity contribution in [2.24, 2.45) is 5.73 Å². The molecule has 156 valence electrons. The van der Waals surface area contributed by atoms with E-state index in [1.54, 1.807) is 12.1 Å². The van der Waals surface area contributed by atoms with Crippen LogP contribution in [0.25, 0.3) is 0 Å². The Balaban J connectivity index is 0.00000300. The van der Waals surface area contributed by atoms with Gasteiger partial charge in [0.25, 0.3) is 5.91 Å². The Morgan fingerprint density at radius 3 is 2.72 bits per heavy atom. The lowest BCUT2D eigenvalue weighted by Crippen LogP contribution is -2.52. The highest BCUT2D eigenvalue weighted by molar-refractivity contribution is 6.05. The molecule has 0 spiro atoms. The molecule has 8 nitrogen and oxygen atoms in total. The Labute approximate surface area is 175 Å². The minimum absolute atomic E-state index is 0. The minimum atomic E-state index is -0.629. The maximum absolute atomic E-state index is 12.7. The summed E-state index contributed by atoms with van der Waals surface area (Å²) in [5.74, 6) is 5.05. The molecule has 1 aromatic carbocycles. The zero-order valence-electron chi connectivity index (χ0n) is 15.9. The van der Waals surface area contributed by atoms with Gasteiger partial charge in [-0.2, -0.15) is 0 Å². The van der Waals surface area contributed by atoms with Crippen LogP contribution in [0.4, 0.5) is 0 Å². The predicted octanol–water partition coefficient (Wildman–Crippen LogP) is 0.213. The Hall–Kier alpha value is -2.44. The third-order valence-electron chi connectivity index (χ3n) is 4.61. The van der Waals surface area contributed by atoms with Crippen LogP contribution in [0.1, 0.15) is 34.3 Å². The first-order valence-corrected chi connectivity index (χ1v) is 9.22. The van der Waals surface area contributed by atoms with Gasteiger partial charge in [-0.1, -0.05) is 17.9 Å². The number of nitrogens with one attached hydrogen (secondary N) is 1. The summed E-state index contributed by atoms with van der Waals surface area (Å²) in [6.07, 6.45) is 0.570. The van der Waals surface area contributed by atoms with E-state index in [4.69, 9.17) is 15.2 Å². The zero-order valence-corrected chi connectivity index (χ0v) is 16.8. The standard InChI is InChI=1S/C20H23N3O5.ClH/c21-8-10-28-12-11-27-9-2-4-14-3-1-5-15-16(14)13-23(20(15)26)17-6-7-18(24)22-19(17)25;/h1,3,5,17H,6-13,21H2,(H,22,24,25);1H. The van der Waals surface area contributed by atoms with Crippen LogP contribution in [0.15, 0.2) is 18.2 Å². The molecule has 3 N–H and O–H groups in total. The van der Waals surface area contributed by atoms with Crippen LogP contribution in [0, 0.1) is 11.8 Å². The Morgan fingerprint density at radius 2 is 1.97 bits per heavy atom. The molecule has 0 bridgehead atoms. The first kappa shape index (κ1) is 22.8. The van der Waals surface area contributed by atoms with Gasteiger partial charge in [0.2, 0.25) is 11.8 Å². The highest BCUT2D eigenvalue weighted by Gasteiger charge is 2.39. The van der Waals surface area contributed by atoms with Gasteiger partial charge in [-0.05, 0) is 24.1 Å². The highest BCUT2D eigenvalue weighted by Crippen LogP contribution is 2.29. The van der Waals surface area contributed by atoms with E-state index in [1.807, 2.05) is 6.07 Å². The summed E-state index contributed by atoms with van der Waals surface area (Å²) in [5.41, 5.74) is 7.42. The molecule has 1 unspecified atom stereocenters. The van der Waals surface area contributed by atoms with Crippen molar-refractivity contribution in [2.75, 3.05) is 33.0 Å². The number of benzene rings is 1. The number of halogens is 1. The van der Waals surface area contributed by atoms with E-state index in [0.29, 0.717) is 44.9 Å². The van der Waals surface area contributed by atoms with Crippen molar-refractivity contribution in [3.05, 3.63) is 34.9 Å². The molecule has 29 heavy (non-hydrogen) atoms. The number of ether oxygens (including phenoxy) is 2. The average Bonchev–Trinajstić information content (AvgIpc) is 3.01. The second-order valence-electron chi connectivity index (χ2n) is 6.49. The summed E-state index contributed by atoms with van der Waals surface area (Å²) >= 11 is 0. The van der Waals surface area contributed by atoms with E-state index in [1.165, 1.54) is 4.90 Å². The number of carbonyl (C=O) groups is 3. The van der Waals surface area contributed by atoms with Crippen LogP contribution < -0.4 is 11.1 Å². The molecule has 1 fully saturated rings. The molecule has 0 aromatic heterocycles. The molecule has 2 aliphatic rings. The number of hydrogen-bond acceptors (Lipinski definition) is 6. The largest absolute Gasteiger partial charge is 0.378 e. The normalized spacial score (nSPS) is 17.9. The third kappa shape index (κ3) is 5.55. The van der Waals surface area contributed by atoms with Crippen molar-refractivity contribution in [1.29, 1.82) is 0 Å². The van der Waals surface area contributed by atoms with Crippen molar-refractivity contribution in [2.45, 2.75) is 25.4 Å². The fourth-order valence-electron chi connectivity index (χ4n) is 3.26. The van der Waals surface area contributed by atoms with Crippen LogP contribution >= 0.6 is 12.4 Å². The summed E-state index contributed by atoms with van der Waals surface area (Å²) in [4.78, 5) is 37.7. The van der Waals surface area contributed by atoms with Gasteiger partial charge in [0.05, 0.1) is 19.8 Å². The van der Waals surface area contributed by atoms with Gasteiger partial charge in [-0.25, -0.2) is 0 Å². The first-order valence-electron chi connectivity index (χ1n) is 9.22. The molecule has 0 aliphatic carbocycles. The fourth-order valence-corrected chi connectivity index (χ4v) is 3.26. The van der Waals surface area contributed by atoms with E-state index < -0.39 is 11.9 Å². The second kappa shape index (κ2) is 10.9. The molecular formula is C20H24ClN3O5.